The largest absolute Gasteiger partial charge is 0.293 e. The van der Waals surface area contributed by atoms with Crippen LogP contribution in [0.2, 0.25) is 0 Å². The molecule has 1 saturated heterocycles. The van der Waals surface area contributed by atoms with Crippen LogP contribution in [0.1, 0.15) is 19.4 Å². The number of carbonyl (C=O) groups excluding carboxylic acids is 2. The zero-order valence-corrected chi connectivity index (χ0v) is 10.8. The second kappa shape index (κ2) is 4.94. The number of nitrogens with zero attached hydrogens (tertiary/aromatic N) is 1. The molecule has 0 radical (unpaired) electrons. The van der Waals surface area contributed by atoms with Gasteiger partial charge < -0.3 is 0 Å². The molecule has 0 aliphatic carbocycles. The number of thioether (sulfide) groups is 1. The fourth-order valence-corrected chi connectivity index (χ4v) is 2.61. The number of amides is 2. The van der Waals surface area contributed by atoms with Crippen molar-refractivity contribution in [3.05, 3.63) is 40.6 Å². The molecule has 0 bridgehead atoms. The normalized spacial score (nSPS) is 18.2. The lowest BCUT2D eigenvalue weighted by Crippen LogP contribution is -2.34. The fourth-order valence-electron chi connectivity index (χ4n) is 1.66. The van der Waals surface area contributed by atoms with Gasteiger partial charge in [-0.15, -0.1) is 0 Å². The summed E-state index contributed by atoms with van der Waals surface area (Å²) in [5.74, 6) is -0.767. The Morgan fingerprint density at radius 1 is 1.28 bits per heavy atom. The zero-order valence-electron chi connectivity index (χ0n) is 10.0. The first kappa shape index (κ1) is 12.8. The van der Waals surface area contributed by atoms with Gasteiger partial charge in [-0.3, -0.25) is 14.5 Å². The second-order valence-corrected chi connectivity index (χ2v) is 5.16. The van der Waals surface area contributed by atoms with Crippen molar-refractivity contribution in [2.75, 3.05) is 0 Å². The van der Waals surface area contributed by atoms with E-state index in [1.165, 1.54) is 17.0 Å². The van der Waals surface area contributed by atoms with Crippen molar-refractivity contribution in [2.24, 2.45) is 0 Å². The molecule has 1 aliphatic rings. The molecule has 1 aliphatic heterocycles. The summed E-state index contributed by atoms with van der Waals surface area (Å²) in [6.45, 7) is 3.53. The van der Waals surface area contributed by atoms with Crippen molar-refractivity contribution in [1.82, 2.24) is 4.90 Å². The van der Waals surface area contributed by atoms with E-state index in [0.29, 0.717) is 5.56 Å². The lowest BCUT2D eigenvalue weighted by Gasteiger charge is -2.16. The van der Waals surface area contributed by atoms with E-state index in [4.69, 9.17) is 0 Å². The second-order valence-electron chi connectivity index (χ2n) is 4.17. The Balaban J connectivity index is 2.34. The van der Waals surface area contributed by atoms with E-state index >= 15 is 0 Å². The average molecular weight is 265 g/mol. The molecule has 2 amide bonds. The van der Waals surface area contributed by atoms with Crippen LogP contribution in [0.15, 0.2) is 29.2 Å². The molecule has 3 nitrogen and oxygen atoms in total. The first-order valence-corrected chi connectivity index (χ1v) is 6.34. The Hall–Kier alpha value is -1.62. The van der Waals surface area contributed by atoms with Crippen LogP contribution in [-0.2, 0) is 4.79 Å². The van der Waals surface area contributed by atoms with Gasteiger partial charge in [0.2, 0.25) is 0 Å². The lowest BCUT2D eigenvalue weighted by atomic mass is 10.2. The average Bonchev–Trinajstić information content (AvgIpc) is 2.57. The van der Waals surface area contributed by atoms with Crippen LogP contribution in [0.25, 0.3) is 6.08 Å². The van der Waals surface area contributed by atoms with Gasteiger partial charge in [0, 0.05) is 11.6 Å². The standard InChI is InChI=1S/C13H12FNO2S/c1-8(2)15-12(16)11(18-13(15)17)7-9-5-3-4-6-10(9)14/h3-8H,1-2H3/b11-7+. The molecule has 0 saturated carbocycles. The van der Waals surface area contributed by atoms with Crippen molar-refractivity contribution in [3.63, 3.8) is 0 Å². The van der Waals surface area contributed by atoms with Crippen LogP contribution < -0.4 is 0 Å². The molecule has 1 fully saturated rings. The molecule has 0 N–H and O–H groups in total. The van der Waals surface area contributed by atoms with E-state index < -0.39 is 5.82 Å². The summed E-state index contributed by atoms with van der Waals surface area (Å²) in [7, 11) is 0. The quantitative estimate of drug-likeness (QED) is 0.770. The summed E-state index contributed by atoms with van der Waals surface area (Å²) in [5, 5.41) is -0.308. The van der Waals surface area contributed by atoms with Gasteiger partial charge in [-0.1, -0.05) is 18.2 Å². The molecular weight excluding hydrogens is 253 g/mol. The van der Waals surface area contributed by atoms with Crippen LogP contribution in [0.5, 0.6) is 0 Å². The van der Waals surface area contributed by atoms with Gasteiger partial charge >= 0.3 is 0 Å². The summed E-state index contributed by atoms with van der Waals surface area (Å²) in [6, 6.07) is 5.95. The van der Waals surface area contributed by atoms with Crippen molar-refractivity contribution in [3.8, 4) is 0 Å². The molecule has 1 heterocycles. The van der Waals surface area contributed by atoms with Crippen LogP contribution in [0, 0.1) is 5.82 Å². The molecule has 18 heavy (non-hydrogen) atoms. The smallest absolute Gasteiger partial charge is 0.268 e. The maximum Gasteiger partial charge on any atom is 0.293 e. The highest BCUT2D eigenvalue weighted by Crippen LogP contribution is 2.33. The number of carbonyl (C=O) groups is 2. The summed E-state index contributed by atoms with van der Waals surface area (Å²) in [4.78, 5) is 25.1. The fraction of sp³-hybridized carbons (Fsp3) is 0.231. The van der Waals surface area contributed by atoms with Crippen molar-refractivity contribution in [1.29, 1.82) is 0 Å². The van der Waals surface area contributed by atoms with Crippen molar-refractivity contribution in [2.45, 2.75) is 19.9 Å². The van der Waals surface area contributed by atoms with Crippen molar-refractivity contribution < 1.29 is 14.0 Å². The van der Waals surface area contributed by atoms with E-state index in [-0.39, 0.29) is 22.1 Å². The van der Waals surface area contributed by atoms with Crippen LogP contribution >= 0.6 is 11.8 Å². The Morgan fingerprint density at radius 2 is 1.94 bits per heavy atom. The number of imide groups is 1. The number of benzene rings is 1. The molecule has 5 heteroatoms. The molecule has 0 spiro atoms. The van der Waals surface area contributed by atoms with Crippen molar-refractivity contribution >= 4 is 29.0 Å². The summed E-state index contributed by atoms with van der Waals surface area (Å²) < 4.78 is 13.5. The van der Waals surface area contributed by atoms with E-state index in [1.54, 1.807) is 32.0 Å². The molecule has 0 aromatic heterocycles. The van der Waals surface area contributed by atoms with E-state index in [0.717, 1.165) is 11.8 Å². The molecular formula is C13H12FNO2S. The maximum absolute atomic E-state index is 13.5. The van der Waals surface area contributed by atoms with E-state index in [2.05, 4.69) is 0 Å². The maximum atomic E-state index is 13.5. The first-order chi connectivity index (χ1) is 8.50. The number of hydrogen-bond acceptors (Lipinski definition) is 3. The van der Waals surface area contributed by atoms with Gasteiger partial charge in [0.15, 0.2) is 0 Å². The summed E-state index contributed by atoms with van der Waals surface area (Å²) >= 11 is 0.846. The minimum atomic E-state index is -0.408. The van der Waals surface area contributed by atoms with Gasteiger partial charge in [0.25, 0.3) is 11.1 Å². The highest BCUT2D eigenvalue weighted by Gasteiger charge is 2.36. The number of halogens is 1. The molecule has 1 aromatic rings. The number of hydrogen-bond donors (Lipinski definition) is 0. The minimum absolute atomic E-state index is 0.191. The Bertz CT molecular complexity index is 540. The van der Waals surface area contributed by atoms with Gasteiger partial charge in [-0.25, -0.2) is 4.39 Å². The Labute approximate surface area is 109 Å². The summed E-state index contributed by atoms with van der Waals surface area (Å²) in [6.07, 6.45) is 1.42. The summed E-state index contributed by atoms with van der Waals surface area (Å²) in [5.41, 5.74) is 0.312. The Morgan fingerprint density at radius 3 is 2.50 bits per heavy atom. The topological polar surface area (TPSA) is 37.4 Å². The Kier molecular flexibility index (Phi) is 3.52. The monoisotopic (exact) mass is 265 g/mol. The van der Waals surface area contributed by atoms with Gasteiger partial charge in [0.05, 0.1) is 4.91 Å². The predicted octanol–water partition coefficient (Wildman–Crippen LogP) is 3.27. The predicted molar refractivity (Wildman–Crippen MR) is 69.3 cm³/mol. The molecule has 2 rings (SSSR count). The van der Waals surface area contributed by atoms with Gasteiger partial charge in [-0.05, 0) is 37.8 Å². The van der Waals surface area contributed by atoms with Crippen LogP contribution in [0.3, 0.4) is 0 Å². The number of rotatable bonds is 2. The van der Waals surface area contributed by atoms with E-state index in [1.807, 2.05) is 0 Å². The molecule has 94 valence electrons. The molecule has 0 unspecified atom stereocenters. The van der Waals surface area contributed by atoms with Gasteiger partial charge in [0.1, 0.15) is 5.82 Å². The first-order valence-electron chi connectivity index (χ1n) is 5.52. The van der Waals surface area contributed by atoms with E-state index in [9.17, 15) is 14.0 Å². The lowest BCUT2D eigenvalue weighted by molar-refractivity contribution is -0.123. The van der Waals surface area contributed by atoms with Gasteiger partial charge in [-0.2, -0.15) is 0 Å². The minimum Gasteiger partial charge on any atom is -0.268 e. The third-order valence-electron chi connectivity index (χ3n) is 2.53. The molecule has 1 aromatic carbocycles. The zero-order chi connectivity index (χ0) is 13.3. The third kappa shape index (κ3) is 2.31. The SMILES string of the molecule is CC(C)N1C(=O)S/C(=C/c2ccccc2F)C1=O. The molecule has 0 atom stereocenters. The van der Waals surface area contributed by atoms with Crippen LogP contribution in [0.4, 0.5) is 9.18 Å². The third-order valence-corrected chi connectivity index (χ3v) is 3.42. The highest BCUT2D eigenvalue weighted by atomic mass is 32.2. The highest BCUT2D eigenvalue weighted by molar-refractivity contribution is 8.18. The van der Waals surface area contributed by atoms with Crippen LogP contribution in [-0.4, -0.2) is 22.1 Å².